The third-order valence-corrected chi connectivity index (χ3v) is 6.53. The maximum absolute atomic E-state index is 13.3. The Morgan fingerprint density at radius 2 is 1.74 bits per heavy atom. The second-order valence-corrected chi connectivity index (χ2v) is 8.81. The number of likely N-dealkylation sites (tertiary alicyclic amines) is 1. The number of ether oxygens (including phenoxy) is 2. The van der Waals surface area contributed by atoms with Crippen molar-refractivity contribution in [2.75, 3.05) is 32.1 Å². The van der Waals surface area contributed by atoms with E-state index in [1.165, 1.54) is 0 Å². The summed E-state index contributed by atoms with van der Waals surface area (Å²) >= 11 is 0. The largest absolute Gasteiger partial charge is 0.496 e. The molecule has 0 aliphatic carbocycles. The molecule has 0 radical (unpaired) electrons. The molecule has 2 amide bonds. The highest BCUT2D eigenvalue weighted by molar-refractivity contribution is 6.09. The van der Waals surface area contributed by atoms with Crippen molar-refractivity contribution in [1.82, 2.24) is 9.47 Å². The quantitative estimate of drug-likeness (QED) is 0.577. The first-order valence-electron chi connectivity index (χ1n) is 11.9. The molecule has 0 atom stereocenters. The van der Waals surface area contributed by atoms with Gasteiger partial charge in [0.1, 0.15) is 5.75 Å². The number of nitrogens with zero attached hydrogens (tertiary/aromatic N) is 2. The summed E-state index contributed by atoms with van der Waals surface area (Å²) < 4.78 is 12.2. The minimum atomic E-state index is -0.306. The van der Waals surface area contributed by atoms with Crippen LogP contribution < -0.4 is 15.6 Å². The standard InChI is InChI=1S/C27H31N3O5/c1-5-35-27(33)29-12-9-20(10-13-29)30-14-11-21-22(26(30)32)7-6-8-23(21)28-25(31)19-15-17(2)24(34-4)18(3)16-19/h6-8,11,14-16,20H,5,9-10,12-13H2,1-4H3,(H,28,31). The molecule has 184 valence electrons. The topological polar surface area (TPSA) is 89.9 Å². The van der Waals surface area contributed by atoms with Crippen LogP contribution in [-0.2, 0) is 4.74 Å². The fourth-order valence-corrected chi connectivity index (χ4v) is 4.83. The molecule has 1 aliphatic rings. The van der Waals surface area contributed by atoms with Crippen LogP contribution in [0, 0.1) is 13.8 Å². The monoisotopic (exact) mass is 477 g/mol. The number of benzene rings is 2. The van der Waals surface area contributed by atoms with Crippen LogP contribution in [0.15, 0.2) is 47.4 Å². The molecule has 1 N–H and O–H groups in total. The Hall–Kier alpha value is -3.81. The molecule has 1 aromatic heterocycles. The summed E-state index contributed by atoms with van der Waals surface area (Å²) in [4.78, 5) is 40.0. The highest BCUT2D eigenvalue weighted by atomic mass is 16.6. The second-order valence-electron chi connectivity index (χ2n) is 8.81. The average molecular weight is 478 g/mol. The molecule has 35 heavy (non-hydrogen) atoms. The Balaban J connectivity index is 1.57. The highest BCUT2D eigenvalue weighted by Crippen LogP contribution is 2.27. The van der Waals surface area contributed by atoms with Crippen molar-refractivity contribution in [3.8, 4) is 5.75 Å². The lowest BCUT2D eigenvalue weighted by molar-refractivity contribution is 0.0923. The zero-order valence-electron chi connectivity index (χ0n) is 20.6. The number of amides is 2. The highest BCUT2D eigenvalue weighted by Gasteiger charge is 2.25. The number of methoxy groups -OCH3 is 1. The fourth-order valence-electron chi connectivity index (χ4n) is 4.83. The second kappa shape index (κ2) is 10.2. The van der Waals surface area contributed by atoms with Crippen LogP contribution in [0.3, 0.4) is 0 Å². The van der Waals surface area contributed by atoms with E-state index in [-0.39, 0.29) is 23.6 Å². The lowest BCUT2D eigenvalue weighted by atomic mass is 10.0. The molecular weight excluding hydrogens is 446 g/mol. The smallest absolute Gasteiger partial charge is 0.409 e. The van der Waals surface area contributed by atoms with Crippen molar-refractivity contribution in [1.29, 1.82) is 0 Å². The molecular formula is C27H31N3O5. The number of pyridine rings is 1. The number of aromatic nitrogens is 1. The Morgan fingerprint density at radius 3 is 2.37 bits per heavy atom. The first kappa shape index (κ1) is 24.3. The Bertz CT molecular complexity index is 1300. The summed E-state index contributed by atoms with van der Waals surface area (Å²) in [5.74, 6) is 0.516. The van der Waals surface area contributed by atoms with E-state index in [4.69, 9.17) is 9.47 Å². The first-order valence-corrected chi connectivity index (χ1v) is 11.9. The van der Waals surface area contributed by atoms with Gasteiger partial charge in [0.15, 0.2) is 0 Å². The molecule has 0 unspecified atom stereocenters. The molecule has 0 bridgehead atoms. The summed E-state index contributed by atoms with van der Waals surface area (Å²) in [5.41, 5.74) is 2.77. The molecule has 0 spiro atoms. The van der Waals surface area contributed by atoms with Crippen LogP contribution in [-0.4, -0.2) is 48.3 Å². The third-order valence-electron chi connectivity index (χ3n) is 6.53. The van der Waals surface area contributed by atoms with E-state index < -0.39 is 0 Å². The van der Waals surface area contributed by atoms with Crippen LogP contribution in [0.5, 0.6) is 5.75 Å². The van der Waals surface area contributed by atoms with Crippen LogP contribution in [0.2, 0.25) is 0 Å². The van der Waals surface area contributed by atoms with Crippen LogP contribution in [0.25, 0.3) is 10.8 Å². The van der Waals surface area contributed by atoms with Gasteiger partial charge in [0.25, 0.3) is 11.5 Å². The van der Waals surface area contributed by atoms with Gasteiger partial charge in [0.05, 0.1) is 13.7 Å². The first-order chi connectivity index (χ1) is 16.8. The Morgan fingerprint density at radius 1 is 1.06 bits per heavy atom. The van der Waals surface area contributed by atoms with Crippen molar-refractivity contribution in [3.63, 3.8) is 0 Å². The molecule has 1 aliphatic heterocycles. The zero-order valence-corrected chi connectivity index (χ0v) is 20.6. The molecule has 1 fully saturated rings. The van der Waals surface area contributed by atoms with Crippen molar-refractivity contribution in [2.24, 2.45) is 0 Å². The molecule has 2 heterocycles. The zero-order chi connectivity index (χ0) is 25.1. The fraction of sp³-hybridized carbons (Fsp3) is 0.370. The number of carbonyl (C=O) groups is 2. The molecule has 8 nitrogen and oxygen atoms in total. The van der Waals surface area contributed by atoms with Gasteiger partial charge >= 0.3 is 6.09 Å². The summed E-state index contributed by atoms with van der Waals surface area (Å²) in [7, 11) is 1.61. The lowest BCUT2D eigenvalue weighted by Gasteiger charge is -2.32. The number of anilines is 1. The van der Waals surface area contributed by atoms with Gasteiger partial charge in [-0.05, 0) is 75.1 Å². The van der Waals surface area contributed by atoms with Gasteiger partial charge in [0, 0.05) is 47.4 Å². The predicted octanol–water partition coefficient (Wildman–Crippen LogP) is 4.67. The predicted molar refractivity (Wildman–Crippen MR) is 135 cm³/mol. The summed E-state index contributed by atoms with van der Waals surface area (Å²) in [6.07, 6.45) is 2.83. The van der Waals surface area contributed by atoms with Gasteiger partial charge in [-0.15, -0.1) is 0 Å². The van der Waals surface area contributed by atoms with E-state index in [2.05, 4.69) is 5.32 Å². The number of carbonyl (C=O) groups excluding carboxylic acids is 2. The van der Waals surface area contributed by atoms with Crippen LogP contribution in [0.1, 0.15) is 47.3 Å². The maximum Gasteiger partial charge on any atom is 0.409 e. The van der Waals surface area contributed by atoms with Crippen LogP contribution in [0.4, 0.5) is 10.5 Å². The normalized spacial score (nSPS) is 14.1. The Labute approximate surface area is 204 Å². The third kappa shape index (κ3) is 4.87. The van der Waals surface area contributed by atoms with E-state index in [9.17, 15) is 14.4 Å². The number of rotatable bonds is 5. The van der Waals surface area contributed by atoms with Gasteiger partial charge in [-0.1, -0.05) is 6.07 Å². The van der Waals surface area contributed by atoms with E-state index in [1.807, 2.05) is 19.9 Å². The van der Waals surface area contributed by atoms with Gasteiger partial charge in [0.2, 0.25) is 0 Å². The van der Waals surface area contributed by atoms with E-state index >= 15 is 0 Å². The molecule has 8 heteroatoms. The molecule has 2 aromatic carbocycles. The molecule has 0 saturated carbocycles. The van der Waals surface area contributed by atoms with E-state index in [0.717, 1.165) is 16.9 Å². The van der Waals surface area contributed by atoms with Crippen molar-refractivity contribution >= 4 is 28.5 Å². The number of aryl methyl sites for hydroxylation is 2. The van der Waals surface area contributed by atoms with E-state index in [0.29, 0.717) is 54.6 Å². The van der Waals surface area contributed by atoms with Gasteiger partial charge in [-0.25, -0.2) is 4.79 Å². The van der Waals surface area contributed by atoms with Gasteiger partial charge in [-0.3, -0.25) is 9.59 Å². The summed E-state index contributed by atoms with van der Waals surface area (Å²) in [6, 6.07) is 10.8. The SMILES string of the molecule is CCOC(=O)N1CCC(n2ccc3c(NC(=O)c4cc(C)c(OC)c(C)c4)cccc3c2=O)CC1. The summed E-state index contributed by atoms with van der Waals surface area (Å²) in [6.45, 7) is 7.03. The minimum Gasteiger partial charge on any atom is -0.496 e. The molecule has 3 aromatic rings. The average Bonchev–Trinajstić information content (AvgIpc) is 2.85. The lowest BCUT2D eigenvalue weighted by Crippen LogP contribution is -2.41. The Kier molecular flexibility index (Phi) is 7.10. The number of piperidine rings is 1. The van der Waals surface area contributed by atoms with Crippen molar-refractivity contribution in [2.45, 2.75) is 39.7 Å². The number of hydrogen-bond acceptors (Lipinski definition) is 5. The van der Waals surface area contributed by atoms with E-state index in [1.54, 1.807) is 60.0 Å². The molecule has 4 rings (SSSR count). The van der Waals surface area contributed by atoms with Crippen molar-refractivity contribution in [3.05, 3.63) is 69.6 Å². The summed E-state index contributed by atoms with van der Waals surface area (Å²) in [5, 5.41) is 4.19. The van der Waals surface area contributed by atoms with Gasteiger partial charge in [-0.2, -0.15) is 0 Å². The number of hydrogen-bond donors (Lipinski definition) is 1. The number of fused-ring (bicyclic) bond motifs is 1. The number of nitrogens with one attached hydrogen (secondary N) is 1. The van der Waals surface area contributed by atoms with Crippen molar-refractivity contribution < 1.29 is 19.1 Å². The molecule has 1 saturated heterocycles. The van der Waals surface area contributed by atoms with Gasteiger partial charge < -0.3 is 24.3 Å². The van der Waals surface area contributed by atoms with Crippen LogP contribution >= 0.6 is 0 Å². The maximum atomic E-state index is 13.3. The minimum absolute atomic E-state index is 0.000994.